The zero-order valence-electron chi connectivity index (χ0n) is 19.9. The first-order valence-electron chi connectivity index (χ1n) is 12.3. The number of hydrogen-bond acceptors (Lipinski definition) is 7. The largest absolute Gasteiger partial charge is 0.345 e. The zero-order chi connectivity index (χ0) is 24.2. The molecule has 35 heavy (non-hydrogen) atoms. The van der Waals surface area contributed by atoms with Crippen LogP contribution in [0.25, 0.3) is 17.2 Å². The second kappa shape index (κ2) is 8.74. The Kier molecular flexibility index (Phi) is 5.68. The van der Waals surface area contributed by atoms with Crippen LogP contribution in [0.1, 0.15) is 63.1 Å². The van der Waals surface area contributed by atoms with Gasteiger partial charge in [0.05, 0.1) is 18.1 Å². The molecule has 2 aromatic heterocycles. The Hall–Kier alpha value is -2.72. The van der Waals surface area contributed by atoms with Crippen LogP contribution in [0.2, 0.25) is 0 Å². The van der Waals surface area contributed by atoms with Crippen molar-refractivity contribution in [2.45, 2.75) is 75.9 Å². The second-order valence-corrected chi connectivity index (χ2v) is 10.1. The Labute approximate surface area is 203 Å². The van der Waals surface area contributed by atoms with Crippen molar-refractivity contribution < 1.29 is 18.6 Å². The molecule has 0 radical (unpaired) electrons. The minimum absolute atomic E-state index is 0.176. The van der Waals surface area contributed by atoms with Crippen LogP contribution in [-0.2, 0) is 14.2 Å². The molecule has 4 heterocycles. The minimum atomic E-state index is -0.775. The van der Waals surface area contributed by atoms with Gasteiger partial charge in [0.2, 0.25) is 0 Å². The van der Waals surface area contributed by atoms with Crippen LogP contribution < -0.4 is 5.73 Å². The molecular weight excluding hydrogens is 449 g/mol. The number of hydrogen-bond donors (Lipinski definition) is 1. The van der Waals surface area contributed by atoms with Crippen LogP contribution in [0.3, 0.4) is 0 Å². The van der Waals surface area contributed by atoms with Gasteiger partial charge in [-0.1, -0.05) is 43.2 Å². The molecule has 2 N–H and O–H groups in total. The van der Waals surface area contributed by atoms with Gasteiger partial charge in [0.25, 0.3) is 0 Å². The van der Waals surface area contributed by atoms with Gasteiger partial charge < -0.3 is 19.9 Å². The maximum absolute atomic E-state index is 14.2. The smallest absolute Gasteiger partial charge is 0.166 e. The van der Waals surface area contributed by atoms with E-state index in [4.69, 9.17) is 19.9 Å². The van der Waals surface area contributed by atoms with Crippen molar-refractivity contribution in [2.24, 2.45) is 11.7 Å². The van der Waals surface area contributed by atoms with Gasteiger partial charge in [0.1, 0.15) is 36.0 Å². The Bertz CT molecular complexity index is 1250. The SMILES string of the molecule is CC1(C)O[C@H]2[C@H](O1)[C@@H](C=Cc1ccccc1F)O[C@H]2n1cnc2c(C(N)C3CCCC3)ncnc21. The fraction of sp³-hybridized carbons (Fsp3) is 0.500. The molecule has 0 spiro atoms. The van der Waals surface area contributed by atoms with E-state index in [0.717, 1.165) is 18.5 Å². The summed E-state index contributed by atoms with van der Waals surface area (Å²) in [6, 6.07) is 6.45. The number of ether oxygens (including phenoxy) is 3. The lowest BCUT2D eigenvalue weighted by Gasteiger charge is -2.24. The van der Waals surface area contributed by atoms with Crippen molar-refractivity contribution >= 4 is 17.2 Å². The van der Waals surface area contributed by atoms with Crippen molar-refractivity contribution in [2.75, 3.05) is 0 Å². The Balaban J connectivity index is 1.33. The molecule has 3 aromatic rings. The number of benzene rings is 1. The first kappa shape index (κ1) is 22.7. The Morgan fingerprint density at radius 3 is 2.69 bits per heavy atom. The maximum Gasteiger partial charge on any atom is 0.166 e. The quantitative estimate of drug-likeness (QED) is 0.583. The van der Waals surface area contributed by atoms with Gasteiger partial charge >= 0.3 is 0 Å². The van der Waals surface area contributed by atoms with Gasteiger partial charge in [0, 0.05) is 5.56 Å². The van der Waals surface area contributed by atoms with Gasteiger partial charge in [-0.3, -0.25) is 4.57 Å². The number of halogens is 1. The highest BCUT2D eigenvalue weighted by atomic mass is 19.1. The van der Waals surface area contributed by atoms with Crippen molar-refractivity contribution in [3.8, 4) is 0 Å². The first-order valence-corrected chi connectivity index (χ1v) is 12.3. The standard InChI is InChI=1S/C26H30FN5O3/c1-26(2)34-22-18(12-11-15-7-5-6-10-17(15)27)33-25(23(22)35-26)32-14-31-21-20(29-13-30-24(21)32)19(28)16-8-3-4-9-16/h5-7,10-14,16,18-19,22-23,25H,3-4,8-9,28H2,1-2H3/t18-,19?,22-,23+,25-/m1/s1. The summed E-state index contributed by atoms with van der Waals surface area (Å²) in [7, 11) is 0. The van der Waals surface area contributed by atoms with E-state index >= 15 is 0 Å². The van der Waals surface area contributed by atoms with E-state index in [-0.39, 0.29) is 24.1 Å². The number of imidazole rings is 1. The molecule has 184 valence electrons. The van der Waals surface area contributed by atoms with E-state index in [2.05, 4.69) is 15.0 Å². The highest BCUT2D eigenvalue weighted by Gasteiger charge is 2.55. The molecule has 9 heteroatoms. The number of nitrogens with two attached hydrogens (primary N) is 1. The molecular formula is C26H30FN5O3. The number of nitrogens with zero attached hydrogens (tertiary/aromatic N) is 4. The van der Waals surface area contributed by atoms with Crippen LogP contribution in [-0.4, -0.2) is 43.6 Å². The fourth-order valence-corrected chi connectivity index (χ4v) is 5.64. The van der Waals surface area contributed by atoms with Gasteiger partial charge in [-0.2, -0.15) is 0 Å². The first-order chi connectivity index (χ1) is 16.9. The average molecular weight is 480 g/mol. The normalized spacial score (nSPS) is 29.4. The van der Waals surface area contributed by atoms with E-state index < -0.39 is 18.1 Å². The summed E-state index contributed by atoms with van der Waals surface area (Å²) >= 11 is 0. The van der Waals surface area contributed by atoms with Gasteiger partial charge in [-0.15, -0.1) is 0 Å². The van der Waals surface area contributed by atoms with Crippen LogP contribution in [0.4, 0.5) is 4.39 Å². The predicted molar refractivity (Wildman–Crippen MR) is 127 cm³/mol. The lowest BCUT2D eigenvalue weighted by Crippen LogP contribution is -2.28. The van der Waals surface area contributed by atoms with E-state index in [9.17, 15) is 4.39 Å². The molecule has 6 rings (SSSR count). The van der Waals surface area contributed by atoms with Crippen molar-refractivity contribution in [3.05, 3.63) is 60.1 Å². The van der Waals surface area contributed by atoms with E-state index in [1.807, 2.05) is 24.5 Å². The van der Waals surface area contributed by atoms with Crippen molar-refractivity contribution in [1.82, 2.24) is 19.5 Å². The molecule has 2 aliphatic heterocycles. The lowest BCUT2D eigenvalue weighted by atomic mass is 9.95. The molecule has 3 aliphatic rings. The topological polar surface area (TPSA) is 97.3 Å². The van der Waals surface area contributed by atoms with E-state index in [1.54, 1.807) is 36.9 Å². The van der Waals surface area contributed by atoms with E-state index in [1.165, 1.54) is 18.9 Å². The number of rotatable bonds is 5. The summed E-state index contributed by atoms with van der Waals surface area (Å²) in [5.41, 5.74) is 9.23. The summed E-state index contributed by atoms with van der Waals surface area (Å²) < 4.78 is 34.9. The fourth-order valence-electron chi connectivity index (χ4n) is 5.64. The third-order valence-electron chi connectivity index (χ3n) is 7.32. The van der Waals surface area contributed by atoms with Crippen molar-refractivity contribution in [1.29, 1.82) is 0 Å². The second-order valence-electron chi connectivity index (χ2n) is 10.1. The molecule has 1 aromatic carbocycles. The molecule has 2 saturated heterocycles. The van der Waals surface area contributed by atoms with Gasteiger partial charge in [0.15, 0.2) is 17.7 Å². The molecule has 1 aliphatic carbocycles. The molecule has 5 atom stereocenters. The van der Waals surface area contributed by atoms with Crippen LogP contribution in [0.15, 0.2) is 43.0 Å². The highest BCUT2D eigenvalue weighted by molar-refractivity contribution is 5.73. The monoisotopic (exact) mass is 479 g/mol. The van der Waals surface area contributed by atoms with Gasteiger partial charge in [-0.25, -0.2) is 19.3 Å². The summed E-state index contributed by atoms with van der Waals surface area (Å²) in [5.74, 6) is -0.657. The molecule has 8 nitrogen and oxygen atoms in total. The minimum Gasteiger partial charge on any atom is -0.345 e. The third kappa shape index (κ3) is 4.06. The summed E-state index contributed by atoms with van der Waals surface area (Å²) in [5, 5.41) is 0. The maximum atomic E-state index is 14.2. The predicted octanol–water partition coefficient (Wildman–Crippen LogP) is 4.29. The number of aromatic nitrogens is 4. The Morgan fingerprint density at radius 2 is 1.89 bits per heavy atom. The van der Waals surface area contributed by atoms with Crippen LogP contribution >= 0.6 is 0 Å². The highest BCUT2D eigenvalue weighted by Crippen LogP contribution is 2.44. The summed E-state index contributed by atoms with van der Waals surface area (Å²) in [4.78, 5) is 13.7. The van der Waals surface area contributed by atoms with Crippen LogP contribution in [0, 0.1) is 11.7 Å². The van der Waals surface area contributed by atoms with Crippen molar-refractivity contribution in [3.63, 3.8) is 0 Å². The van der Waals surface area contributed by atoms with E-state index in [0.29, 0.717) is 22.6 Å². The third-order valence-corrected chi connectivity index (χ3v) is 7.32. The average Bonchev–Trinajstić information content (AvgIpc) is 3.62. The molecule has 3 fully saturated rings. The van der Waals surface area contributed by atoms with Gasteiger partial charge in [-0.05, 0) is 38.7 Å². The summed E-state index contributed by atoms with van der Waals surface area (Å²) in [6.07, 6.45) is 9.72. The molecule has 1 saturated carbocycles. The number of fused-ring (bicyclic) bond motifs is 2. The molecule has 0 amide bonds. The zero-order valence-corrected chi connectivity index (χ0v) is 19.9. The Morgan fingerprint density at radius 1 is 1.11 bits per heavy atom. The lowest BCUT2D eigenvalue weighted by molar-refractivity contribution is -0.191. The molecule has 0 bridgehead atoms. The van der Waals surface area contributed by atoms with Crippen LogP contribution in [0.5, 0.6) is 0 Å². The summed E-state index contributed by atoms with van der Waals surface area (Å²) in [6.45, 7) is 3.76. The molecule has 1 unspecified atom stereocenters.